The summed E-state index contributed by atoms with van der Waals surface area (Å²) >= 11 is 1.39. The molecule has 6 nitrogen and oxygen atoms in total. The van der Waals surface area contributed by atoms with E-state index < -0.39 is 4.65 Å². The second-order valence-electron chi connectivity index (χ2n) is 6.55. The Morgan fingerprint density at radius 3 is 2.52 bits per heavy atom. The largest absolute Gasteiger partial charge is 0.758 e. The summed E-state index contributed by atoms with van der Waals surface area (Å²) in [4.78, 5) is 13.1. The Hall–Kier alpha value is -2.03. The summed E-state index contributed by atoms with van der Waals surface area (Å²) in [6.07, 6.45) is 0. The molecule has 1 N–H and O–H groups in total. The zero-order chi connectivity index (χ0) is 19.6. The minimum absolute atomic E-state index is 0.00961. The van der Waals surface area contributed by atoms with Crippen LogP contribution in [0.2, 0.25) is 0 Å². The molecule has 0 aliphatic rings. The Balaban J connectivity index is 2.13. The molecule has 0 radical (unpaired) electrons. The van der Waals surface area contributed by atoms with Gasteiger partial charge in [0, 0.05) is 20.5 Å². The fraction of sp³-hybridized carbons (Fsp3) is 0.350. The van der Waals surface area contributed by atoms with Crippen LogP contribution in [-0.4, -0.2) is 35.9 Å². The van der Waals surface area contributed by atoms with Gasteiger partial charge in [-0.3, -0.25) is 4.79 Å². The number of hydroxylamine groups is 4. The molecule has 0 spiro atoms. The van der Waals surface area contributed by atoms with Gasteiger partial charge < -0.3 is 25.2 Å². The van der Waals surface area contributed by atoms with E-state index in [1.807, 2.05) is 12.1 Å². The highest BCUT2D eigenvalue weighted by Gasteiger charge is 2.16. The fourth-order valence-corrected chi connectivity index (χ4v) is 4.41. The van der Waals surface area contributed by atoms with Gasteiger partial charge in [-0.2, -0.15) is 0 Å². The van der Waals surface area contributed by atoms with Crippen molar-refractivity contribution in [3.8, 4) is 0 Å². The normalized spacial score (nSPS) is 12.0. The molecule has 3 aromatic rings. The number of aliphatic hydroxyl groups excluding tert-OH is 1. The highest BCUT2D eigenvalue weighted by Crippen LogP contribution is 2.33. The summed E-state index contributed by atoms with van der Waals surface area (Å²) in [6, 6.07) is 10.5. The van der Waals surface area contributed by atoms with Crippen molar-refractivity contribution in [3.63, 3.8) is 0 Å². The smallest absolute Gasteiger partial charge is 0.197 e. The molecule has 0 aliphatic heterocycles. The van der Waals surface area contributed by atoms with E-state index in [0.717, 1.165) is 9.76 Å². The molecule has 144 valence electrons. The standard InChI is InChI=1S/C20H23N2O4S/c1-3-22(26,4-2)12-11-21(25)16-10-9-14(13-23)20-18(16)19(24)15-7-5-6-8-17(15)27-20/h5-10,23H,3-4,11-13H2,1-2H3/q-1. The van der Waals surface area contributed by atoms with Crippen molar-refractivity contribution in [3.05, 3.63) is 62.6 Å². The SMILES string of the molecule is CC[N+]([O-])(CC)CCN([O-])c1ccc(CO)c2sc3ccccc3c(=O)c12. The maximum Gasteiger partial charge on any atom is 0.197 e. The van der Waals surface area contributed by atoms with Gasteiger partial charge in [0.15, 0.2) is 5.43 Å². The van der Waals surface area contributed by atoms with Crippen molar-refractivity contribution in [1.82, 2.24) is 0 Å². The Labute approximate surface area is 161 Å². The Morgan fingerprint density at radius 2 is 1.85 bits per heavy atom. The van der Waals surface area contributed by atoms with Crippen LogP contribution in [0, 0.1) is 10.4 Å². The zero-order valence-electron chi connectivity index (χ0n) is 15.5. The highest BCUT2D eigenvalue weighted by molar-refractivity contribution is 7.24. The first-order chi connectivity index (χ1) is 12.9. The van der Waals surface area contributed by atoms with Gasteiger partial charge in [-0.1, -0.05) is 18.2 Å². The molecular formula is C20H23N2O4S-. The van der Waals surface area contributed by atoms with E-state index in [2.05, 4.69) is 0 Å². The third-order valence-electron chi connectivity index (χ3n) is 5.09. The third-order valence-corrected chi connectivity index (χ3v) is 6.34. The predicted octanol–water partition coefficient (Wildman–Crippen LogP) is 3.57. The van der Waals surface area contributed by atoms with E-state index >= 15 is 0 Å². The highest BCUT2D eigenvalue weighted by atomic mass is 32.1. The van der Waals surface area contributed by atoms with Crippen molar-refractivity contribution < 1.29 is 9.75 Å². The van der Waals surface area contributed by atoms with Gasteiger partial charge in [0.25, 0.3) is 0 Å². The van der Waals surface area contributed by atoms with E-state index in [1.165, 1.54) is 11.3 Å². The van der Waals surface area contributed by atoms with Crippen LogP contribution in [0.4, 0.5) is 5.69 Å². The van der Waals surface area contributed by atoms with Gasteiger partial charge >= 0.3 is 0 Å². The van der Waals surface area contributed by atoms with Crippen LogP contribution in [0.1, 0.15) is 19.4 Å². The van der Waals surface area contributed by atoms with E-state index in [1.54, 1.807) is 38.1 Å². The van der Waals surface area contributed by atoms with Crippen molar-refractivity contribution >= 4 is 37.2 Å². The quantitative estimate of drug-likeness (QED) is 0.380. The maximum absolute atomic E-state index is 13.1. The molecule has 0 saturated heterocycles. The fourth-order valence-electron chi connectivity index (χ4n) is 3.20. The first-order valence-electron chi connectivity index (χ1n) is 9.04. The lowest BCUT2D eigenvalue weighted by Gasteiger charge is -2.44. The molecule has 1 heterocycles. The summed E-state index contributed by atoms with van der Waals surface area (Å²) in [5.74, 6) is 0. The second-order valence-corrected chi connectivity index (χ2v) is 7.60. The van der Waals surface area contributed by atoms with Crippen LogP contribution in [0.15, 0.2) is 41.2 Å². The number of fused-ring (bicyclic) bond motifs is 2. The number of rotatable bonds is 7. The minimum atomic E-state index is -0.443. The van der Waals surface area contributed by atoms with Crippen molar-refractivity contribution in [1.29, 1.82) is 0 Å². The number of aliphatic hydroxyl groups is 1. The monoisotopic (exact) mass is 387 g/mol. The zero-order valence-corrected chi connectivity index (χ0v) is 16.3. The lowest BCUT2D eigenvalue weighted by atomic mass is 10.1. The van der Waals surface area contributed by atoms with Crippen molar-refractivity contribution in [2.45, 2.75) is 20.5 Å². The number of anilines is 1. The molecule has 2 aromatic carbocycles. The molecule has 3 rings (SSSR count). The molecule has 27 heavy (non-hydrogen) atoms. The van der Waals surface area contributed by atoms with Crippen molar-refractivity contribution in [2.24, 2.45) is 0 Å². The number of benzene rings is 2. The first-order valence-corrected chi connectivity index (χ1v) is 9.85. The summed E-state index contributed by atoms with van der Waals surface area (Å²) < 4.78 is 0.987. The second kappa shape index (κ2) is 7.92. The van der Waals surface area contributed by atoms with Gasteiger partial charge in [0.1, 0.15) is 0 Å². The lowest BCUT2D eigenvalue weighted by Crippen LogP contribution is -2.46. The van der Waals surface area contributed by atoms with E-state index in [9.17, 15) is 20.3 Å². The third kappa shape index (κ3) is 3.69. The van der Waals surface area contributed by atoms with Gasteiger partial charge in [-0.15, -0.1) is 11.3 Å². The Morgan fingerprint density at radius 1 is 1.15 bits per heavy atom. The average Bonchev–Trinajstić information content (AvgIpc) is 2.71. The summed E-state index contributed by atoms with van der Waals surface area (Å²) in [6.45, 7) is 4.36. The summed E-state index contributed by atoms with van der Waals surface area (Å²) in [7, 11) is 0. The van der Waals surface area contributed by atoms with E-state index in [-0.39, 0.29) is 30.8 Å². The van der Waals surface area contributed by atoms with E-state index in [0.29, 0.717) is 34.1 Å². The average molecular weight is 387 g/mol. The van der Waals surface area contributed by atoms with Gasteiger partial charge in [0.2, 0.25) is 0 Å². The first kappa shape index (κ1) is 19.7. The van der Waals surface area contributed by atoms with Crippen LogP contribution in [-0.2, 0) is 6.61 Å². The molecule has 0 unspecified atom stereocenters. The molecule has 0 aliphatic carbocycles. The lowest BCUT2D eigenvalue weighted by molar-refractivity contribution is -0.875. The molecule has 0 fully saturated rings. The molecule has 7 heteroatoms. The van der Waals surface area contributed by atoms with Crippen molar-refractivity contribution in [2.75, 3.05) is 31.2 Å². The van der Waals surface area contributed by atoms with Crippen LogP contribution in [0.5, 0.6) is 0 Å². The van der Waals surface area contributed by atoms with Crippen LogP contribution in [0.25, 0.3) is 20.2 Å². The summed E-state index contributed by atoms with van der Waals surface area (Å²) in [5, 5.41) is 36.5. The number of hydrogen-bond donors (Lipinski definition) is 1. The predicted molar refractivity (Wildman–Crippen MR) is 112 cm³/mol. The van der Waals surface area contributed by atoms with Gasteiger partial charge in [-0.05, 0) is 37.6 Å². The Bertz CT molecular complexity index is 1010. The molecule has 0 atom stereocenters. The van der Waals surface area contributed by atoms with Crippen LogP contribution >= 0.6 is 11.3 Å². The Kier molecular flexibility index (Phi) is 5.78. The molecular weight excluding hydrogens is 364 g/mol. The van der Waals surface area contributed by atoms with Gasteiger partial charge in [0.05, 0.1) is 38.2 Å². The van der Waals surface area contributed by atoms with Gasteiger partial charge in [-0.25, -0.2) is 0 Å². The molecule has 0 bridgehead atoms. The number of likely N-dealkylation sites (N-methyl/N-ethyl adjacent to an activating group) is 1. The number of nitrogens with zero attached hydrogens (tertiary/aromatic N) is 2. The molecule has 0 amide bonds. The molecule has 0 saturated carbocycles. The summed E-state index contributed by atoms with van der Waals surface area (Å²) in [5.41, 5.74) is 0.651. The van der Waals surface area contributed by atoms with E-state index in [4.69, 9.17) is 0 Å². The number of hydrogen-bond acceptors (Lipinski definition) is 6. The van der Waals surface area contributed by atoms with Crippen LogP contribution < -0.4 is 10.5 Å². The van der Waals surface area contributed by atoms with Crippen LogP contribution in [0.3, 0.4) is 0 Å². The molecule has 1 aromatic heterocycles. The number of quaternary nitrogens is 1. The minimum Gasteiger partial charge on any atom is -0.758 e. The topological polar surface area (TPSA) is 86.7 Å². The maximum atomic E-state index is 13.1.